The molecule has 0 heterocycles. The van der Waals surface area contributed by atoms with E-state index in [1.54, 1.807) is 42.5 Å². The predicted molar refractivity (Wildman–Crippen MR) is 107 cm³/mol. The Morgan fingerprint density at radius 2 is 1.67 bits per heavy atom. The zero-order valence-electron chi connectivity index (χ0n) is 14.5. The van der Waals surface area contributed by atoms with E-state index < -0.39 is 15.8 Å². The van der Waals surface area contributed by atoms with Gasteiger partial charge in [0, 0.05) is 5.56 Å². The number of nitrogens with zero attached hydrogens (tertiary/aromatic N) is 2. The molecule has 2 aromatic rings. The van der Waals surface area contributed by atoms with Crippen molar-refractivity contribution in [2.75, 3.05) is 0 Å². The maximum atomic E-state index is 9.19. The van der Waals surface area contributed by atoms with Crippen molar-refractivity contribution in [2.45, 2.75) is 29.7 Å². The fraction of sp³-hybridized carbons (Fsp3) is 0.250. The fourth-order valence-electron chi connectivity index (χ4n) is 2.65. The molecular weight excluding hydrogens is 405 g/mol. The van der Waals surface area contributed by atoms with Crippen molar-refractivity contribution in [3.63, 3.8) is 0 Å². The largest absolute Gasteiger partial charge is 0.465 e. The number of hydrogen-bond acceptors (Lipinski definition) is 4. The van der Waals surface area contributed by atoms with Crippen molar-refractivity contribution in [3.8, 4) is 12.1 Å². The first-order valence-electron chi connectivity index (χ1n) is 8.15. The molecule has 0 radical (unpaired) electrons. The van der Waals surface area contributed by atoms with Gasteiger partial charge in [0.05, 0.1) is 23.3 Å². The van der Waals surface area contributed by atoms with Crippen LogP contribution in [0.4, 0.5) is 0 Å². The topological polar surface area (TPSA) is 80.7 Å². The molecule has 0 aliphatic carbocycles. The minimum atomic E-state index is -2.00. The summed E-state index contributed by atoms with van der Waals surface area (Å²) in [5, 5.41) is 26.2. The Hall–Kier alpha value is -2.24. The summed E-state index contributed by atoms with van der Waals surface area (Å²) in [6.07, 6.45) is 0.876. The average Bonchev–Trinajstić information content (AvgIpc) is 2.65. The van der Waals surface area contributed by atoms with Gasteiger partial charge < -0.3 is 4.74 Å². The molecule has 0 spiro atoms. The average molecular weight is 421 g/mol. The molecule has 0 saturated heterocycles. The van der Waals surface area contributed by atoms with Crippen LogP contribution < -0.4 is 0 Å². The Morgan fingerprint density at radius 1 is 1.07 bits per heavy atom. The Morgan fingerprint density at radius 3 is 2.19 bits per heavy atom. The zero-order valence-corrected chi connectivity index (χ0v) is 16.7. The maximum Gasteiger partial charge on any atom is 0.265 e. The minimum Gasteiger partial charge on any atom is -0.465 e. The molecule has 0 bridgehead atoms. The Labute approximate surface area is 173 Å². The summed E-state index contributed by atoms with van der Waals surface area (Å²) in [7, 11) is 0. The highest BCUT2D eigenvalue weighted by molar-refractivity contribution is 6.76. The first kappa shape index (κ1) is 21.1. The van der Waals surface area contributed by atoms with E-state index in [4.69, 9.17) is 50.2 Å². The standard InChI is InChI=1S/C20H16Cl3N3O/c1-2-3-16-10-14(12-25)6-9-17(16)18(27-19(26)20(21,22)23)15-7-4-13(11-24)5-8-15/h4-10,18,26H,2-3H2,1H3. The molecule has 0 aliphatic rings. The second kappa shape index (κ2) is 9.11. The number of nitrogens with one attached hydrogen (secondary N) is 1. The third kappa shape index (κ3) is 5.37. The van der Waals surface area contributed by atoms with E-state index in [2.05, 4.69) is 12.1 Å². The summed E-state index contributed by atoms with van der Waals surface area (Å²) in [6.45, 7) is 2.03. The van der Waals surface area contributed by atoms with Gasteiger partial charge in [-0.15, -0.1) is 0 Å². The van der Waals surface area contributed by atoms with Crippen molar-refractivity contribution in [1.29, 1.82) is 15.9 Å². The molecule has 0 aliphatic heterocycles. The number of aryl methyl sites for hydroxylation is 1. The highest BCUT2D eigenvalue weighted by atomic mass is 35.6. The fourth-order valence-corrected chi connectivity index (χ4v) is 2.78. The Bertz CT molecular complexity index is 906. The molecule has 1 unspecified atom stereocenters. The van der Waals surface area contributed by atoms with Gasteiger partial charge in [-0.1, -0.05) is 66.3 Å². The molecule has 0 fully saturated rings. The van der Waals surface area contributed by atoms with E-state index in [-0.39, 0.29) is 0 Å². The van der Waals surface area contributed by atoms with Crippen LogP contribution in [-0.4, -0.2) is 9.69 Å². The highest BCUT2D eigenvalue weighted by Gasteiger charge is 2.32. The molecule has 0 saturated carbocycles. The molecule has 1 atom stereocenters. The third-order valence-corrected chi connectivity index (χ3v) is 4.42. The number of ether oxygens (including phenoxy) is 1. The molecular formula is C20H16Cl3N3O. The number of benzene rings is 2. The van der Waals surface area contributed by atoms with Crippen LogP contribution in [0.15, 0.2) is 42.5 Å². The van der Waals surface area contributed by atoms with Gasteiger partial charge in [0.25, 0.3) is 3.79 Å². The summed E-state index contributed by atoms with van der Waals surface area (Å²) < 4.78 is 3.75. The van der Waals surface area contributed by atoms with Crippen molar-refractivity contribution in [3.05, 3.63) is 70.3 Å². The number of rotatable bonds is 5. The molecule has 138 valence electrons. The molecule has 2 aromatic carbocycles. The summed E-state index contributed by atoms with van der Waals surface area (Å²) in [4.78, 5) is 0. The molecule has 1 N–H and O–H groups in total. The first-order chi connectivity index (χ1) is 12.8. The normalized spacial score (nSPS) is 11.9. The van der Waals surface area contributed by atoms with Gasteiger partial charge in [-0.25, -0.2) is 0 Å². The van der Waals surface area contributed by atoms with Gasteiger partial charge in [-0.3, -0.25) is 5.41 Å². The molecule has 7 heteroatoms. The van der Waals surface area contributed by atoms with Crippen LogP contribution in [0.1, 0.15) is 47.3 Å². The number of hydrogen-bond donors (Lipinski definition) is 1. The summed E-state index contributed by atoms with van der Waals surface area (Å²) >= 11 is 17.4. The second-order valence-corrected chi connectivity index (χ2v) is 8.12. The number of alkyl halides is 3. The number of halogens is 3. The van der Waals surface area contributed by atoms with Gasteiger partial charge in [0.1, 0.15) is 0 Å². The van der Waals surface area contributed by atoms with E-state index in [0.29, 0.717) is 16.7 Å². The first-order valence-corrected chi connectivity index (χ1v) is 9.29. The van der Waals surface area contributed by atoms with Gasteiger partial charge in [0.15, 0.2) is 6.10 Å². The second-order valence-electron chi connectivity index (χ2n) is 5.83. The lowest BCUT2D eigenvalue weighted by molar-refractivity contribution is 0.225. The van der Waals surface area contributed by atoms with Crippen LogP contribution in [0.3, 0.4) is 0 Å². The quantitative estimate of drug-likeness (QED) is 0.375. The predicted octanol–water partition coefficient (Wildman–Crippen LogP) is 5.84. The molecule has 0 amide bonds. The summed E-state index contributed by atoms with van der Waals surface area (Å²) in [5.41, 5.74) is 3.44. The van der Waals surface area contributed by atoms with E-state index in [1.165, 1.54) is 0 Å². The van der Waals surface area contributed by atoms with Gasteiger partial charge in [0.2, 0.25) is 5.90 Å². The van der Waals surface area contributed by atoms with Crippen LogP contribution in [0.5, 0.6) is 0 Å². The van der Waals surface area contributed by atoms with E-state index in [0.717, 1.165) is 24.0 Å². The Balaban J connectivity index is 2.56. The van der Waals surface area contributed by atoms with Gasteiger partial charge >= 0.3 is 0 Å². The summed E-state index contributed by atoms with van der Waals surface area (Å²) in [6, 6.07) is 16.3. The zero-order chi connectivity index (χ0) is 20.0. The van der Waals surface area contributed by atoms with Crippen molar-refractivity contribution >= 4 is 40.7 Å². The van der Waals surface area contributed by atoms with Gasteiger partial charge in [-0.2, -0.15) is 10.5 Å². The number of nitriles is 2. The summed E-state index contributed by atoms with van der Waals surface area (Å²) in [5.74, 6) is -0.506. The lowest BCUT2D eigenvalue weighted by Crippen LogP contribution is -2.24. The lowest BCUT2D eigenvalue weighted by Gasteiger charge is -2.25. The van der Waals surface area contributed by atoms with Crippen LogP contribution in [-0.2, 0) is 11.2 Å². The van der Waals surface area contributed by atoms with Gasteiger partial charge in [-0.05, 0) is 41.8 Å². The third-order valence-electron chi connectivity index (χ3n) is 3.91. The van der Waals surface area contributed by atoms with Crippen LogP contribution in [0.25, 0.3) is 0 Å². The SMILES string of the molecule is CCCc1cc(C#N)ccc1C(OC(=N)C(Cl)(Cl)Cl)c1ccc(C#N)cc1. The van der Waals surface area contributed by atoms with Crippen LogP contribution >= 0.6 is 34.8 Å². The van der Waals surface area contributed by atoms with E-state index in [1.807, 2.05) is 6.92 Å². The van der Waals surface area contributed by atoms with E-state index >= 15 is 0 Å². The monoisotopic (exact) mass is 419 g/mol. The Kier molecular flexibility index (Phi) is 7.11. The van der Waals surface area contributed by atoms with Crippen LogP contribution in [0.2, 0.25) is 0 Å². The van der Waals surface area contributed by atoms with Crippen molar-refractivity contribution < 1.29 is 4.74 Å². The maximum absolute atomic E-state index is 9.19. The molecule has 0 aromatic heterocycles. The van der Waals surface area contributed by atoms with E-state index in [9.17, 15) is 5.26 Å². The molecule has 2 rings (SSSR count). The van der Waals surface area contributed by atoms with Crippen molar-refractivity contribution in [2.24, 2.45) is 0 Å². The smallest absolute Gasteiger partial charge is 0.265 e. The van der Waals surface area contributed by atoms with Crippen molar-refractivity contribution in [1.82, 2.24) is 0 Å². The molecule has 4 nitrogen and oxygen atoms in total. The molecule has 27 heavy (non-hydrogen) atoms. The van der Waals surface area contributed by atoms with Crippen LogP contribution in [0, 0.1) is 28.1 Å². The minimum absolute atomic E-state index is 0.502. The lowest BCUT2D eigenvalue weighted by atomic mass is 9.92. The highest BCUT2D eigenvalue weighted by Crippen LogP contribution is 2.35.